The van der Waals surface area contributed by atoms with E-state index < -0.39 is 0 Å². The molecule has 0 aliphatic rings. The molecule has 0 aliphatic carbocycles. The van der Waals surface area contributed by atoms with E-state index in [0.29, 0.717) is 0 Å². The predicted molar refractivity (Wildman–Crippen MR) is 29.7 cm³/mol. The summed E-state index contributed by atoms with van der Waals surface area (Å²) in [6.07, 6.45) is 0. The first-order valence-electron chi connectivity index (χ1n) is 1.39. The third-order valence-corrected chi connectivity index (χ3v) is 2.12. The summed E-state index contributed by atoms with van der Waals surface area (Å²) in [5.74, 6) is 0.889. The Kier molecular flexibility index (Phi) is 4.87. The zero-order chi connectivity index (χ0) is 4.12. The average Bonchev–Trinajstić information content (AvgIpc) is 1.41. The van der Waals surface area contributed by atoms with E-state index in [-0.39, 0.29) is 16.7 Å². The smallest absolute Gasteiger partial charge is 0.00723 e. The van der Waals surface area contributed by atoms with E-state index in [2.05, 4.69) is 0 Å². The zero-order valence-electron chi connectivity index (χ0n) is 2.86. The minimum absolute atomic E-state index is 0.115. The number of hydrogen-bond donors (Lipinski definition) is 2. The Bertz CT molecular complexity index is 36.9. The van der Waals surface area contributed by atoms with Gasteiger partial charge in [0.2, 0.25) is 0 Å². The molecule has 0 amide bonds. The van der Waals surface area contributed by atoms with E-state index in [4.69, 9.17) is 10.3 Å². The van der Waals surface area contributed by atoms with Gasteiger partial charge in [-0.2, -0.15) is 0 Å². The van der Waals surface area contributed by atoms with Crippen LogP contribution in [0.5, 0.6) is 0 Å². The van der Waals surface area contributed by atoms with Crippen LogP contribution in [0.4, 0.5) is 0 Å². The van der Waals surface area contributed by atoms with Gasteiger partial charge in [-0.25, -0.2) is 0 Å². The van der Waals surface area contributed by atoms with Crippen molar-refractivity contribution in [3.63, 3.8) is 0 Å². The summed E-state index contributed by atoms with van der Waals surface area (Å²) in [5, 5.41) is 13.2. The maximum atomic E-state index is 6.59. The van der Waals surface area contributed by atoms with E-state index in [1.807, 2.05) is 0 Å². The molecule has 32 valence electrons. The maximum Gasteiger partial charge on any atom is 0.00723 e. The molecule has 2 N–H and O–H groups in total. The van der Waals surface area contributed by atoms with Crippen LogP contribution in [0, 0.1) is 10.3 Å². The third-order valence-electron chi connectivity index (χ3n) is 0.236. The largest absolute Gasteiger partial charge is 0.324 e. The molecule has 2 unspecified atom stereocenters. The summed E-state index contributed by atoms with van der Waals surface area (Å²) >= 11 is 0. The van der Waals surface area contributed by atoms with Crippen LogP contribution in [0.3, 0.4) is 0 Å². The van der Waals surface area contributed by atoms with Gasteiger partial charge in [0.05, 0.1) is 0 Å². The van der Waals surface area contributed by atoms with Gasteiger partial charge in [0, 0.05) is 5.90 Å². The summed E-state index contributed by atoms with van der Waals surface area (Å²) in [5.41, 5.74) is 0. The van der Waals surface area contributed by atoms with Crippen molar-refractivity contribution < 1.29 is 0 Å². The molecule has 0 aliphatic heterocycles. The lowest BCUT2D eigenvalue weighted by Gasteiger charge is -1.64. The van der Waals surface area contributed by atoms with Gasteiger partial charge in [0.25, 0.3) is 0 Å². The molecule has 2 atom stereocenters. The Morgan fingerprint density at radius 2 is 1.60 bits per heavy atom. The third kappa shape index (κ3) is 4.46. The lowest BCUT2D eigenvalue weighted by molar-refractivity contribution is 1.62. The maximum absolute atomic E-state index is 6.59. The van der Waals surface area contributed by atoms with E-state index in [9.17, 15) is 0 Å². The first kappa shape index (κ1) is 5.46. The summed E-state index contributed by atoms with van der Waals surface area (Å²) in [7, 11) is -0.229. The van der Waals surface area contributed by atoms with Gasteiger partial charge < -0.3 is 10.3 Å². The summed E-state index contributed by atoms with van der Waals surface area (Å²) in [6, 6.07) is 0. The van der Waals surface area contributed by atoms with Gasteiger partial charge >= 0.3 is 0 Å². The molecule has 5 heavy (non-hydrogen) atoms. The zero-order valence-corrected chi connectivity index (χ0v) is 5.17. The fourth-order valence-electron chi connectivity index (χ4n) is 0.0589. The molecule has 0 heterocycles. The quantitative estimate of drug-likeness (QED) is 0.503. The monoisotopic (exact) mass is 110 g/mol. The van der Waals surface area contributed by atoms with Crippen LogP contribution >= 0.6 is 16.7 Å². The minimum Gasteiger partial charge on any atom is -0.324 e. The van der Waals surface area contributed by atoms with Crippen LogP contribution in [0.2, 0.25) is 0 Å². The van der Waals surface area contributed by atoms with Gasteiger partial charge in [-0.3, -0.25) is 0 Å². The molecule has 0 aromatic carbocycles. The molecule has 4 heteroatoms. The standard InChI is InChI=1S/CH8N2P2/c2-4-1-5-3/h2-3H,1,4-5H2. The molecule has 0 aromatic rings. The Morgan fingerprint density at radius 1 is 1.20 bits per heavy atom. The molecular formula is CH8N2P2. The highest BCUT2D eigenvalue weighted by Crippen LogP contribution is 2.02. The van der Waals surface area contributed by atoms with E-state index in [1.165, 1.54) is 0 Å². The topological polar surface area (TPSA) is 47.7 Å². The normalized spacial score (nSPS) is 12.8. The second kappa shape index (κ2) is 4.46. The first-order chi connectivity index (χ1) is 2.41. The van der Waals surface area contributed by atoms with Crippen LogP contribution in [0.15, 0.2) is 0 Å². The van der Waals surface area contributed by atoms with Crippen molar-refractivity contribution >= 4 is 16.7 Å². The van der Waals surface area contributed by atoms with Crippen LogP contribution in [0.1, 0.15) is 0 Å². The van der Waals surface area contributed by atoms with E-state index >= 15 is 0 Å². The summed E-state index contributed by atoms with van der Waals surface area (Å²) < 4.78 is 0. The van der Waals surface area contributed by atoms with Crippen molar-refractivity contribution in [2.45, 2.75) is 0 Å². The highest BCUT2D eigenvalue weighted by molar-refractivity contribution is 7.44. The molecule has 2 nitrogen and oxygen atoms in total. The van der Waals surface area contributed by atoms with Crippen LogP contribution in [-0.4, -0.2) is 5.90 Å². The highest BCUT2D eigenvalue weighted by atomic mass is 31.1. The Balaban J connectivity index is 2.65. The second-order valence-electron chi connectivity index (χ2n) is 0.644. The van der Waals surface area contributed by atoms with Crippen molar-refractivity contribution in [1.29, 1.82) is 10.3 Å². The van der Waals surface area contributed by atoms with Gasteiger partial charge in [-0.15, -0.1) is 0 Å². The number of rotatable bonds is 2. The van der Waals surface area contributed by atoms with Crippen molar-refractivity contribution in [3.05, 3.63) is 0 Å². The van der Waals surface area contributed by atoms with Crippen molar-refractivity contribution in [2.75, 3.05) is 5.90 Å². The molecular weight excluding hydrogens is 102 g/mol. The lowest BCUT2D eigenvalue weighted by atomic mass is 11.9. The molecule has 0 saturated heterocycles. The van der Waals surface area contributed by atoms with Crippen molar-refractivity contribution in [1.82, 2.24) is 0 Å². The molecule has 0 rings (SSSR count). The SMILES string of the molecule is N=[PH2]C[PH2]=N. The first-order valence-corrected chi connectivity index (χ1v) is 4.18. The van der Waals surface area contributed by atoms with Gasteiger partial charge in [0.1, 0.15) is 0 Å². The minimum atomic E-state index is -0.115. The molecule has 0 aromatic heterocycles. The molecule has 0 spiro atoms. The van der Waals surface area contributed by atoms with Crippen LogP contribution < -0.4 is 0 Å². The second-order valence-corrected chi connectivity index (χ2v) is 3.35. The van der Waals surface area contributed by atoms with Crippen LogP contribution in [-0.2, 0) is 0 Å². The highest BCUT2D eigenvalue weighted by Gasteiger charge is 1.53. The molecule has 0 saturated carbocycles. The Labute approximate surface area is 34.0 Å². The predicted octanol–water partition coefficient (Wildman–Crippen LogP) is 1.29. The van der Waals surface area contributed by atoms with Crippen LogP contribution in [0.25, 0.3) is 0 Å². The molecule has 0 fully saturated rings. The van der Waals surface area contributed by atoms with Gasteiger partial charge in [0.15, 0.2) is 0 Å². The Morgan fingerprint density at radius 3 is 1.60 bits per heavy atom. The van der Waals surface area contributed by atoms with E-state index in [1.54, 1.807) is 0 Å². The number of nitrogens with one attached hydrogen (secondary N) is 2. The fourth-order valence-corrected chi connectivity index (χ4v) is 0.530. The van der Waals surface area contributed by atoms with Gasteiger partial charge in [-0.05, 0) is 0 Å². The van der Waals surface area contributed by atoms with Gasteiger partial charge in [-0.1, -0.05) is 16.7 Å². The molecule has 0 bridgehead atoms. The summed E-state index contributed by atoms with van der Waals surface area (Å²) in [6.45, 7) is 0. The van der Waals surface area contributed by atoms with Crippen molar-refractivity contribution in [3.8, 4) is 0 Å². The molecule has 0 radical (unpaired) electrons. The average molecular weight is 110 g/mol. The van der Waals surface area contributed by atoms with Crippen molar-refractivity contribution in [2.24, 2.45) is 0 Å². The number of hydrogen-bond acceptors (Lipinski definition) is 2. The Hall–Kier alpha value is 0.460. The lowest BCUT2D eigenvalue weighted by Crippen LogP contribution is -1.31. The van der Waals surface area contributed by atoms with E-state index in [0.717, 1.165) is 5.90 Å². The fraction of sp³-hybridized carbons (Fsp3) is 1.00. The summed E-state index contributed by atoms with van der Waals surface area (Å²) in [4.78, 5) is 0.